The molecule has 1 aromatic rings. The van der Waals surface area contributed by atoms with Crippen LogP contribution in [0.15, 0.2) is 18.2 Å². The van der Waals surface area contributed by atoms with Crippen LogP contribution in [0.25, 0.3) is 0 Å². The third-order valence-corrected chi connectivity index (χ3v) is 4.45. The van der Waals surface area contributed by atoms with Crippen molar-refractivity contribution in [3.8, 4) is 5.75 Å². The van der Waals surface area contributed by atoms with Crippen molar-refractivity contribution in [1.29, 1.82) is 0 Å². The van der Waals surface area contributed by atoms with E-state index < -0.39 is 0 Å². The monoisotopic (exact) mass is 288 g/mol. The van der Waals surface area contributed by atoms with E-state index in [1.807, 2.05) is 6.07 Å². The second kappa shape index (κ2) is 6.48. The van der Waals surface area contributed by atoms with Crippen LogP contribution < -0.4 is 15.4 Å². The van der Waals surface area contributed by atoms with Crippen LogP contribution in [-0.4, -0.2) is 32.1 Å². The molecule has 0 spiro atoms. The van der Waals surface area contributed by atoms with Crippen LogP contribution in [0.3, 0.4) is 0 Å². The van der Waals surface area contributed by atoms with Crippen LogP contribution in [0.2, 0.25) is 0 Å². The average Bonchev–Trinajstić information content (AvgIpc) is 3.35. The Hall–Kier alpha value is -1.55. The van der Waals surface area contributed by atoms with Gasteiger partial charge in [0.15, 0.2) is 0 Å². The zero-order valence-electron chi connectivity index (χ0n) is 12.7. The molecular formula is C17H24N2O2. The van der Waals surface area contributed by atoms with Gasteiger partial charge in [0.2, 0.25) is 5.91 Å². The largest absolute Gasteiger partial charge is 0.497 e. The molecule has 1 amide bonds. The minimum Gasteiger partial charge on any atom is -0.497 e. The van der Waals surface area contributed by atoms with Gasteiger partial charge in [0.05, 0.1) is 7.11 Å². The Bertz CT molecular complexity index is 512. The number of hydrogen-bond donors (Lipinski definition) is 2. The van der Waals surface area contributed by atoms with Crippen molar-refractivity contribution in [1.82, 2.24) is 10.6 Å². The van der Waals surface area contributed by atoms with Gasteiger partial charge in [0, 0.05) is 25.0 Å². The fraction of sp³-hybridized carbons (Fsp3) is 0.588. The number of aryl methyl sites for hydroxylation is 1. The number of methoxy groups -OCH3 is 1. The molecule has 21 heavy (non-hydrogen) atoms. The first-order valence-corrected chi connectivity index (χ1v) is 7.93. The maximum absolute atomic E-state index is 11.5. The summed E-state index contributed by atoms with van der Waals surface area (Å²) in [4.78, 5) is 11.5. The number of hydrogen-bond acceptors (Lipinski definition) is 3. The Morgan fingerprint density at radius 1 is 1.24 bits per heavy atom. The van der Waals surface area contributed by atoms with E-state index in [4.69, 9.17) is 4.74 Å². The van der Waals surface area contributed by atoms with Crippen molar-refractivity contribution in [3.63, 3.8) is 0 Å². The van der Waals surface area contributed by atoms with Crippen LogP contribution in [-0.2, 0) is 17.6 Å². The molecule has 0 heterocycles. The number of nitrogens with one attached hydrogen (secondary N) is 2. The first-order chi connectivity index (χ1) is 10.3. The maximum Gasteiger partial charge on any atom is 0.223 e. The fourth-order valence-electron chi connectivity index (χ4n) is 2.99. The predicted molar refractivity (Wildman–Crippen MR) is 82.5 cm³/mol. The molecule has 2 N–H and O–H groups in total. The molecule has 0 radical (unpaired) electrons. The molecule has 2 aliphatic carbocycles. The predicted octanol–water partition coefficient (Wildman–Crippen LogP) is 1.67. The van der Waals surface area contributed by atoms with Crippen molar-refractivity contribution in [2.45, 2.75) is 38.1 Å². The summed E-state index contributed by atoms with van der Waals surface area (Å²) in [5.41, 5.74) is 2.83. The summed E-state index contributed by atoms with van der Waals surface area (Å²) in [5.74, 6) is 1.47. The average molecular weight is 288 g/mol. The SMILES string of the molecule is COc1ccc2c(c1)CC(NCCNC(=O)C1CC1)CC2. The van der Waals surface area contributed by atoms with Gasteiger partial charge in [-0.1, -0.05) is 6.07 Å². The molecule has 0 bridgehead atoms. The summed E-state index contributed by atoms with van der Waals surface area (Å²) in [6.07, 6.45) is 5.46. The van der Waals surface area contributed by atoms with E-state index in [0.717, 1.165) is 50.9 Å². The summed E-state index contributed by atoms with van der Waals surface area (Å²) in [6.45, 7) is 1.58. The highest BCUT2D eigenvalue weighted by Crippen LogP contribution is 2.28. The normalized spacial score (nSPS) is 20.7. The summed E-state index contributed by atoms with van der Waals surface area (Å²) >= 11 is 0. The molecule has 2 aliphatic rings. The summed E-state index contributed by atoms with van der Waals surface area (Å²) < 4.78 is 5.30. The van der Waals surface area contributed by atoms with Crippen LogP contribution in [0, 0.1) is 5.92 Å². The van der Waals surface area contributed by atoms with Gasteiger partial charge in [-0.05, 0) is 55.4 Å². The highest BCUT2D eigenvalue weighted by molar-refractivity contribution is 5.80. The maximum atomic E-state index is 11.5. The van der Waals surface area contributed by atoms with Gasteiger partial charge in [-0.3, -0.25) is 4.79 Å². The van der Waals surface area contributed by atoms with Crippen LogP contribution in [0.5, 0.6) is 5.75 Å². The van der Waals surface area contributed by atoms with Crippen molar-refractivity contribution in [3.05, 3.63) is 29.3 Å². The number of rotatable bonds is 6. The van der Waals surface area contributed by atoms with Gasteiger partial charge in [0.25, 0.3) is 0 Å². The molecule has 1 atom stereocenters. The van der Waals surface area contributed by atoms with E-state index in [1.165, 1.54) is 11.1 Å². The van der Waals surface area contributed by atoms with Crippen molar-refractivity contribution >= 4 is 5.91 Å². The number of amides is 1. The molecule has 1 saturated carbocycles. The topological polar surface area (TPSA) is 50.4 Å². The van der Waals surface area contributed by atoms with E-state index in [9.17, 15) is 4.79 Å². The molecule has 4 heteroatoms. The van der Waals surface area contributed by atoms with Gasteiger partial charge in [0.1, 0.15) is 5.75 Å². The quantitative estimate of drug-likeness (QED) is 0.783. The molecule has 1 aromatic carbocycles. The van der Waals surface area contributed by atoms with E-state index in [2.05, 4.69) is 22.8 Å². The number of fused-ring (bicyclic) bond motifs is 1. The molecular weight excluding hydrogens is 264 g/mol. The second-order valence-corrected chi connectivity index (χ2v) is 6.09. The highest BCUT2D eigenvalue weighted by atomic mass is 16.5. The van der Waals surface area contributed by atoms with Crippen molar-refractivity contribution < 1.29 is 9.53 Å². The summed E-state index contributed by atoms with van der Waals surface area (Å²) in [6, 6.07) is 6.88. The molecule has 0 saturated heterocycles. The number of benzene rings is 1. The van der Waals surface area contributed by atoms with Gasteiger partial charge in [-0.15, -0.1) is 0 Å². The number of carbonyl (C=O) groups excluding carboxylic acids is 1. The van der Waals surface area contributed by atoms with Gasteiger partial charge in [-0.2, -0.15) is 0 Å². The molecule has 1 unspecified atom stereocenters. The van der Waals surface area contributed by atoms with Gasteiger partial charge >= 0.3 is 0 Å². The van der Waals surface area contributed by atoms with Crippen LogP contribution in [0.4, 0.5) is 0 Å². The molecule has 0 aromatic heterocycles. The van der Waals surface area contributed by atoms with Gasteiger partial charge in [-0.25, -0.2) is 0 Å². The fourth-order valence-corrected chi connectivity index (χ4v) is 2.99. The van der Waals surface area contributed by atoms with E-state index in [-0.39, 0.29) is 5.91 Å². The van der Waals surface area contributed by atoms with Crippen molar-refractivity contribution in [2.24, 2.45) is 5.92 Å². The zero-order valence-corrected chi connectivity index (χ0v) is 12.7. The smallest absolute Gasteiger partial charge is 0.223 e. The first kappa shape index (κ1) is 14.4. The zero-order chi connectivity index (χ0) is 14.7. The van der Waals surface area contributed by atoms with Crippen molar-refractivity contribution in [2.75, 3.05) is 20.2 Å². The number of carbonyl (C=O) groups is 1. The second-order valence-electron chi connectivity index (χ2n) is 6.09. The van der Waals surface area contributed by atoms with Crippen LogP contribution >= 0.6 is 0 Å². The number of ether oxygens (including phenoxy) is 1. The molecule has 4 nitrogen and oxygen atoms in total. The molecule has 1 fully saturated rings. The first-order valence-electron chi connectivity index (χ1n) is 7.93. The third-order valence-electron chi connectivity index (χ3n) is 4.45. The Labute approximate surface area is 126 Å². The van der Waals surface area contributed by atoms with E-state index >= 15 is 0 Å². The van der Waals surface area contributed by atoms with Crippen LogP contribution in [0.1, 0.15) is 30.4 Å². The lowest BCUT2D eigenvalue weighted by molar-refractivity contribution is -0.122. The van der Waals surface area contributed by atoms with E-state index in [1.54, 1.807) is 7.11 Å². The Morgan fingerprint density at radius 3 is 2.86 bits per heavy atom. The molecule has 0 aliphatic heterocycles. The molecule has 114 valence electrons. The Kier molecular flexibility index (Phi) is 4.44. The minimum absolute atomic E-state index is 0.232. The lowest BCUT2D eigenvalue weighted by Crippen LogP contribution is -2.40. The lowest BCUT2D eigenvalue weighted by Gasteiger charge is -2.26. The van der Waals surface area contributed by atoms with E-state index in [0.29, 0.717) is 12.0 Å². The molecule has 3 rings (SSSR count). The Balaban J connectivity index is 1.43. The van der Waals surface area contributed by atoms with Gasteiger partial charge < -0.3 is 15.4 Å². The Morgan fingerprint density at radius 2 is 2.10 bits per heavy atom. The minimum atomic E-state index is 0.232. The standard InChI is InChI=1S/C17H24N2O2/c1-21-16-7-5-12-4-6-15(10-14(12)11-16)18-8-9-19-17(20)13-2-3-13/h5,7,11,13,15,18H,2-4,6,8-10H2,1H3,(H,19,20). The lowest BCUT2D eigenvalue weighted by atomic mass is 9.88. The third kappa shape index (κ3) is 3.76. The summed E-state index contributed by atoms with van der Waals surface area (Å²) in [7, 11) is 1.71. The summed E-state index contributed by atoms with van der Waals surface area (Å²) in [5, 5.41) is 6.56. The highest BCUT2D eigenvalue weighted by Gasteiger charge is 2.29.